The second-order valence-corrected chi connectivity index (χ2v) is 5.08. The smallest absolute Gasteiger partial charge is 0.129 e. The number of hydrogen-bond acceptors (Lipinski definition) is 3. The highest BCUT2D eigenvalue weighted by Crippen LogP contribution is 2.34. The predicted octanol–water partition coefficient (Wildman–Crippen LogP) is 3.45. The molecule has 1 atom stereocenters. The van der Waals surface area contributed by atoms with Crippen LogP contribution in [-0.4, -0.2) is 6.61 Å². The quantitative estimate of drug-likeness (QED) is 0.942. The molecule has 1 heterocycles. The third kappa shape index (κ3) is 2.57. The lowest BCUT2D eigenvalue weighted by atomic mass is 10.1. The minimum absolute atomic E-state index is 0.0931. The van der Waals surface area contributed by atoms with Gasteiger partial charge in [-0.1, -0.05) is 11.6 Å². The van der Waals surface area contributed by atoms with E-state index in [1.54, 1.807) is 18.2 Å². The normalized spacial score (nSPS) is 16.6. The lowest BCUT2D eigenvalue weighted by molar-refractivity contribution is 0.295. The molecule has 2 aromatic carbocycles. The van der Waals surface area contributed by atoms with Crippen LogP contribution in [0, 0.1) is 5.82 Å². The average Bonchev–Trinajstić information content (AvgIpc) is 2.81. The van der Waals surface area contributed by atoms with E-state index in [4.69, 9.17) is 26.8 Å². The molecule has 0 spiro atoms. The molecule has 1 unspecified atom stereocenters. The van der Waals surface area contributed by atoms with Gasteiger partial charge in [-0.2, -0.15) is 0 Å². The monoisotopic (exact) mass is 293 g/mol. The first-order chi connectivity index (χ1) is 9.63. The Morgan fingerprint density at radius 1 is 1.30 bits per heavy atom. The maximum Gasteiger partial charge on any atom is 0.129 e. The molecule has 104 valence electrons. The van der Waals surface area contributed by atoms with E-state index in [1.807, 2.05) is 6.07 Å². The van der Waals surface area contributed by atoms with Gasteiger partial charge < -0.3 is 15.2 Å². The standard InChI is InChI=1S/C15H13ClFNO2/c16-10-1-4-13(17)9(5-10)7-19-11-2-3-12-14(18)8-20-15(12)6-11/h1-6,14H,7-8,18H2. The average molecular weight is 294 g/mol. The predicted molar refractivity (Wildman–Crippen MR) is 74.6 cm³/mol. The molecule has 0 bridgehead atoms. The van der Waals surface area contributed by atoms with Gasteiger partial charge in [-0.3, -0.25) is 0 Å². The molecule has 3 rings (SSSR count). The number of benzene rings is 2. The molecule has 3 nitrogen and oxygen atoms in total. The Bertz CT molecular complexity index is 648. The highest BCUT2D eigenvalue weighted by molar-refractivity contribution is 6.30. The van der Waals surface area contributed by atoms with Crippen LogP contribution in [0.5, 0.6) is 11.5 Å². The van der Waals surface area contributed by atoms with Crippen LogP contribution in [0.25, 0.3) is 0 Å². The zero-order valence-corrected chi connectivity index (χ0v) is 11.4. The first-order valence-corrected chi connectivity index (χ1v) is 6.60. The lowest BCUT2D eigenvalue weighted by Gasteiger charge is -2.09. The fourth-order valence-corrected chi connectivity index (χ4v) is 2.31. The van der Waals surface area contributed by atoms with Crippen molar-refractivity contribution in [1.29, 1.82) is 0 Å². The van der Waals surface area contributed by atoms with Gasteiger partial charge in [0, 0.05) is 22.2 Å². The summed E-state index contributed by atoms with van der Waals surface area (Å²) in [5.41, 5.74) is 7.24. The number of fused-ring (bicyclic) bond motifs is 1. The summed E-state index contributed by atoms with van der Waals surface area (Å²) < 4.78 is 24.6. The largest absolute Gasteiger partial charge is 0.491 e. The fourth-order valence-electron chi connectivity index (χ4n) is 2.12. The molecule has 2 aromatic rings. The second-order valence-electron chi connectivity index (χ2n) is 4.64. The minimum atomic E-state index is -0.339. The van der Waals surface area contributed by atoms with Crippen LogP contribution in [0.15, 0.2) is 36.4 Å². The Morgan fingerprint density at radius 3 is 3.00 bits per heavy atom. The highest BCUT2D eigenvalue weighted by Gasteiger charge is 2.20. The van der Waals surface area contributed by atoms with E-state index in [-0.39, 0.29) is 18.5 Å². The Hall–Kier alpha value is -1.78. The summed E-state index contributed by atoms with van der Waals surface area (Å²) in [4.78, 5) is 0. The molecular weight excluding hydrogens is 281 g/mol. The van der Waals surface area contributed by atoms with E-state index in [0.29, 0.717) is 22.9 Å². The lowest BCUT2D eigenvalue weighted by Crippen LogP contribution is -2.10. The van der Waals surface area contributed by atoms with Gasteiger partial charge in [0.25, 0.3) is 0 Å². The minimum Gasteiger partial charge on any atom is -0.491 e. The molecule has 2 N–H and O–H groups in total. The number of nitrogens with two attached hydrogens (primary N) is 1. The van der Waals surface area contributed by atoms with E-state index in [0.717, 1.165) is 11.3 Å². The Kier molecular flexibility index (Phi) is 3.51. The molecule has 5 heteroatoms. The second kappa shape index (κ2) is 5.31. The van der Waals surface area contributed by atoms with Gasteiger partial charge in [-0.05, 0) is 30.3 Å². The molecule has 0 radical (unpaired) electrons. The van der Waals surface area contributed by atoms with Gasteiger partial charge in [-0.15, -0.1) is 0 Å². The summed E-state index contributed by atoms with van der Waals surface area (Å²) in [6.07, 6.45) is 0. The Balaban J connectivity index is 1.74. The maximum absolute atomic E-state index is 13.6. The Morgan fingerprint density at radius 2 is 2.15 bits per heavy atom. The topological polar surface area (TPSA) is 44.5 Å². The zero-order chi connectivity index (χ0) is 14.1. The van der Waals surface area contributed by atoms with Crippen LogP contribution in [-0.2, 0) is 6.61 Å². The van der Waals surface area contributed by atoms with Gasteiger partial charge in [-0.25, -0.2) is 4.39 Å². The van der Waals surface area contributed by atoms with Gasteiger partial charge in [0.2, 0.25) is 0 Å². The summed E-state index contributed by atoms with van der Waals surface area (Å²) in [7, 11) is 0. The van der Waals surface area contributed by atoms with E-state index < -0.39 is 0 Å². The number of hydrogen-bond donors (Lipinski definition) is 1. The molecule has 1 aliphatic rings. The maximum atomic E-state index is 13.6. The molecular formula is C15H13ClFNO2. The van der Waals surface area contributed by atoms with E-state index >= 15 is 0 Å². The van der Waals surface area contributed by atoms with Crippen molar-refractivity contribution in [1.82, 2.24) is 0 Å². The van der Waals surface area contributed by atoms with Crippen molar-refractivity contribution in [2.75, 3.05) is 6.61 Å². The van der Waals surface area contributed by atoms with Crippen LogP contribution in [0.2, 0.25) is 5.02 Å². The van der Waals surface area contributed by atoms with Crippen molar-refractivity contribution < 1.29 is 13.9 Å². The Labute approximate surface area is 121 Å². The fraction of sp³-hybridized carbons (Fsp3) is 0.200. The molecule has 0 aromatic heterocycles. The number of halogens is 2. The van der Waals surface area contributed by atoms with Crippen molar-refractivity contribution in [3.8, 4) is 11.5 Å². The molecule has 20 heavy (non-hydrogen) atoms. The third-order valence-electron chi connectivity index (χ3n) is 3.20. The highest BCUT2D eigenvalue weighted by atomic mass is 35.5. The summed E-state index contributed by atoms with van der Waals surface area (Å²) >= 11 is 5.84. The summed E-state index contributed by atoms with van der Waals surface area (Å²) in [6.45, 7) is 0.582. The molecule has 0 saturated heterocycles. The van der Waals surface area contributed by atoms with Gasteiger partial charge in [0.1, 0.15) is 30.5 Å². The van der Waals surface area contributed by atoms with Crippen LogP contribution in [0.1, 0.15) is 17.2 Å². The van der Waals surface area contributed by atoms with E-state index in [9.17, 15) is 4.39 Å². The number of ether oxygens (including phenoxy) is 2. The van der Waals surface area contributed by atoms with Crippen LogP contribution < -0.4 is 15.2 Å². The first kappa shape index (κ1) is 13.2. The molecule has 0 fully saturated rings. The molecule has 0 saturated carbocycles. The molecule has 1 aliphatic heterocycles. The van der Waals surface area contributed by atoms with E-state index in [1.165, 1.54) is 12.1 Å². The van der Waals surface area contributed by atoms with Gasteiger partial charge >= 0.3 is 0 Å². The van der Waals surface area contributed by atoms with Crippen LogP contribution >= 0.6 is 11.6 Å². The third-order valence-corrected chi connectivity index (χ3v) is 3.44. The summed E-state index contributed by atoms with van der Waals surface area (Å²) in [5.74, 6) is 0.993. The number of rotatable bonds is 3. The van der Waals surface area contributed by atoms with Crippen molar-refractivity contribution in [2.45, 2.75) is 12.6 Å². The van der Waals surface area contributed by atoms with Gasteiger partial charge in [0.05, 0.1) is 6.04 Å². The van der Waals surface area contributed by atoms with Crippen molar-refractivity contribution >= 4 is 11.6 Å². The van der Waals surface area contributed by atoms with Crippen molar-refractivity contribution in [3.63, 3.8) is 0 Å². The SMILES string of the molecule is NC1COc2cc(OCc3cc(Cl)ccc3F)ccc21. The zero-order valence-electron chi connectivity index (χ0n) is 10.6. The summed E-state index contributed by atoms with van der Waals surface area (Å²) in [6, 6.07) is 9.73. The van der Waals surface area contributed by atoms with Crippen LogP contribution in [0.3, 0.4) is 0 Å². The van der Waals surface area contributed by atoms with Crippen molar-refractivity contribution in [2.24, 2.45) is 5.73 Å². The van der Waals surface area contributed by atoms with E-state index in [2.05, 4.69) is 0 Å². The first-order valence-electron chi connectivity index (χ1n) is 6.22. The molecule has 0 aliphatic carbocycles. The van der Waals surface area contributed by atoms with Gasteiger partial charge in [0.15, 0.2) is 0 Å². The molecule has 0 amide bonds. The van der Waals surface area contributed by atoms with Crippen LogP contribution in [0.4, 0.5) is 4.39 Å². The van der Waals surface area contributed by atoms with Crippen molar-refractivity contribution in [3.05, 3.63) is 58.4 Å². The summed E-state index contributed by atoms with van der Waals surface area (Å²) in [5, 5.41) is 0.480.